The van der Waals surface area contributed by atoms with Gasteiger partial charge in [-0.15, -0.1) is 0 Å². The number of hydrogen-bond donors (Lipinski definition) is 0. The molecule has 2 fully saturated rings. The van der Waals surface area contributed by atoms with E-state index in [0.717, 1.165) is 5.56 Å². The first kappa shape index (κ1) is 16.9. The van der Waals surface area contributed by atoms with E-state index in [1.165, 1.54) is 7.11 Å². The van der Waals surface area contributed by atoms with Gasteiger partial charge in [-0.3, -0.25) is 9.59 Å². The lowest BCUT2D eigenvalue weighted by Gasteiger charge is -2.52. The van der Waals surface area contributed by atoms with Crippen molar-refractivity contribution in [3.8, 4) is 0 Å². The largest absolute Gasteiger partial charge is 0.375 e. The molecule has 2 aliphatic heterocycles. The third-order valence-corrected chi connectivity index (χ3v) is 4.92. The van der Waals surface area contributed by atoms with Gasteiger partial charge in [0, 0.05) is 20.2 Å². The summed E-state index contributed by atoms with van der Waals surface area (Å²) < 4.78 is 10.8. The van der Waals surface area contributed by atoms with Crippen LogP contribution in [0.5, 0.6) is 0 Å². The highest BCUT2D eigenvalue weighted by atomic mass is 16.5. The first-order valence-corrected chi connectivity index (χ1v) is 8.27. The van der Waals surface area contributed by atoms with Crippen LogP contribution in [0.4, 0.5) is 0 Å². The van der Waals surface area contributed by atoms with Crippen molar-refractivity contribution in [1.29, 1.82) is 0 Å². The molecular formula is C18H24N2O4. The van der Waals surface area contributed by atoms with Crippen LogP contribution >= 0.6 is 0 Å². The lowest BCUT2D eigenvalue weighted by molar-refractivity contribution is -0.191. The second kappa shape index (κ2) is 6.91. The second-order valence-electron chi connectivity index (χ2n) is 6.66. The van der Waals surface area contributed by atoms with Gasteiger partial charge in [0.1, 0.15) is 18.8 Å². The molecule has 1 aromatic rings. The monoisotopic (exact) mass is 332 g/mol. The van der Waals surface area contributed by atoms with E-state index in [2.05, 4.69) is 0 Å². The highest BCUT2D eigenvalue weighted by Gasteiger charge is 2.49. The summed E-state index contributed by atoms with van der Waals surface area (Å²) in [5.41, 5.74) is 0.567. The van der Waals surface area contributed by atoms with E-state index in [4.69, 9.17) is 9.47 Å². The highest BCUT2D eigenvalue weighted by molar-refractivity contribution is 5.80. The number of amides is 2. The van der Waals surface area contributed by atoms with Crippen LogP contribution in [0, 0.1) is 0 Å². The van der Waals surface area contributed by atoms with Gasteiger partial charge in [0.2, 0.25) is 11.8 Å². The third-order valence-electron chi connectivity index (χ3n) is 4.92. The number of methoxy groups -OCH3 is 1. The Balaban J connectivity index is 1.76. The van der Waals surface area contributed by atoms with Crippen LogP contribution in [0.25, 0.3) is 0 Å². The van der Waals surface area contributed by atoms with Gasteiger partial charge in [-0.2, -0.15) is 0 Å². The molecule has 3 rings (SSSR count). The maximum atomic E-state index is 12.4. The number of likely N-dealkylation sites (tertiary alicyclic amines) is 1. The number of ether oxygens (including phenoxy) is 2. The SMILES string of the molecule is COCC(=O)N1CC[C@H]2N(Cc3ccccc3)C(=O)CO[C@]2(C)C1. The summed E-state index contributed by atoms with van der Waals surface area (Å²) in [6, 6.07) is 9.95. The molecule has 0 unspecified atom stereocenters. The molecule has 130 valence electrons. The number of benzene rings is 1. The molecule has 0 aromatic heterocycles. The predicted molar refractivity (Wildman–Crippen MR) is 88.2 cm³/mol. The fourth-order valence-corrected chi connectivity index (χ4v) is 3.66. The third kappa shape index (κ3) is 3.30. The van der Waals surface area contributed by atoms with Gasteiger partial charge in [-0.1, -0.05) is 30.3 Å². The summed E-state index contributed by atoms with van der Waals surface area (Å²) in [7, 11) is 1.52. The van der Waals surface area contributed by atoms with Gasteiger partial charge in [-0.05, 0) is 18.9 Å². The fourth-order valence-electron chi connectivity index (χ4n) is 3.66. The van der Waals surface area contributed by atoms with Crippen molar-refractivity contribution >= 4 is 11.8 Å². The van der Waals surface area contributed by atoms with Crippen molar-refractivity contribution in [2.24, 2.45) is 0 Å². The summed E-state index contributed by atoms with van der Waals surface area (Å²) in [5.74, 6) is -0.0229. The minimum absolute atomic E-state index is 0.0120. The summed E-state index contributed by atoms with van der Waals surface area (Å²) >= 11 is 0. The van der Waals surface area contributed by atoms with Crippen LogP contribution < -0.4 is 0 Å². The Bertz CT molecular complexity index is 606. The number of hydrogen-bond acceptors (Lipinski definition) is 4. The number of carbonyl (C=O) groups excluding carboxylic acids is 2. The molecule has 6 nitrogen and oxygen atoms in total. The zero-order chi connectivity index (χ0) is 17.2. The van der Waals surface area contributed by atoms with E-state index in [9.17, 15) is 9.59 Å². The lowest BCUT2D eigenvalue weighted by Crippen LogP contribution is -2.68. The van der Waals surface area contributed by atoms with Crippen LogP contribution in [0.2, 0.25) is 0 Å². The highest BCUT2D eigenvalue weighted by Crippen LogP contribution is 2.34. The summed E-state index contributed by atoms with van der Waals surface area (Å²) in [4.78, 5) is 28.2. The fraction of sp³-hybridized carbons (Fsp3) is 0.556. The number of rotatable bonds is 4. The van der Waals surface area contributed by atoms with Crippen LogP contribution in [-0.2, 0) is 25.6 Å². The van der Waals surface area contributed by atoms with Crippen molar-refractivity contribution < 1.29 is 19.1 Å². The number of nitrogens with zero attached hydrogens (tertiary/aromatic N) is 2. The number of carbonyl (C=O) groups is 2. The van der Waals surface area contributed by atoms with Gasteiger partial charge >= 0.3 is 0 Å². The van der Waals surface area contributed by atoms with Crippen LogP contribution in [0.15, 0.2) is 30.3 Å². The predicted octanol–water partition coefficient (Wildman–Crippen LogP) is 1.05. The van der Waals surface area contributed by atoms with E-state index < -0.39 is 5.60 Å². The molecule has 2 heterocycles. The summed E-state index contributed by atoms with van der Waals surface area (Å²) in [6.07, 6.45) is 0.713. The molecular weight excluding hydrogens is 308 g/mol. The lowest BCUT2D eigenvalue weighted by atomic mass is 9.85. The average molecular weight is 332 g/mol. The molecule has 6 heteroatoms. The normalized spacial score (nSPS) is 27.1. The van der Waals surface area contributed by atoms with Crippen molar-refractivity contribution in [2.75, 3.05) is 33.4 Å². The Morgan fingerprint density at radius 3 is 2.83 bits per heavy atom. The smallest absolute Gasteiger partial charge is 0.249 e. The average Bonchev–Trinajstić information content (AvgIpc) is 2.58. The van der Waals surface area contributed by atoms with Crippen molar-refractivity contribution in [3.05, 3.63) is 35.9 Å². The maximum Gasteiger partial charge on any atom is 0.249 e. The molecule has 0 N–H and O–H groups in total. The number of fused-ring (bicyclic) bond motifs is 1. The molecule has 0 spiro atoms. The Kier molecular flexibility index (Phi) is 4.87. The Labute approximate surface area is 142 Å². The molecule has 2 amide bonds. The first-order valence-electron chi connectivity index (χ1n) is 8.27. The Morgan fingerprint density at radius 2 is 2.12 bits per heavy atom. The zero-order valence-electron chi connectivity index (χ0n) is 14.2. The van der Waals surface area contributed by atoms with E-state index in [0.29, 0.717) is 26.1 Å². The van der Waals surface area contributed by atoms with Crippen molar-refractivity contribution in [3.63, 3.8) is 0 Å². The Hall–Kier alpha value is -1.92. The quantitative estimate of drug-likeness (QED) is 0.827. The molecule has 0 bridgehead atoms. The van der Waals surface area contributed by atoms with Crippen molar-refractivity contribution in [2.45, 2.75) is 31.5 Å². The number of morpholine rings is 1. The second-order valence-corrected chi connectivity index (χ2v) is 6.66. The van der Waals surface area contributed by atoms with Crippen LogP contribution in [-0.4, -0.2) is 66.7 Å². The van der Waals surface area contributed by atoms with Crippen LogP contribution in [0.1, 0.15) is 18.9 Å². The van der Waals surface area contributed by atoms with E-state index in [1.54, 1.807) is 4.90 Å². The molecule has 0 aliphatic carbocycles. The molecule has 2 saturated heterocycles. The van der Waals surface area contributed by atoms with E-state index in [1.807, 2.05) is 42.2 Å². The van der Waals surface area contributed by atoms with Gasteiger partial charge in [0.05, 0.1) is 12.6 Å². The molecule has 0 saturated carbocycles. The molecule has 2 aliphatic rings. The summed E-state index contributed by atoms with van der Waals surface area (Å²) in [5, 5.41) is 0. The van der Waals surface area contributed by atoms with Gasteiger partial charge in [0.25, 0.3) is 0 Å². The van der Waals surface area contributed by atoms with Gasteiger partial charge in [-0.25, -0.2) is 0 Å². The zero-order valence-corrected chi connectivity index (χ0v) is 14.2. The maximum absolute atomic E-state index is 12.4. The van der Waals surface area contributed by atoms with Gasteiger partial charge in [0.15, 0.2) is 0 Å². The standard InChI is InChI=1S/C18H24N2O4/c1-18-13-19(16(21)11-23-2)9-8-15(18)20(17(22)12-24-18)10-14-6-4-3-5-7-14/h3-7,15H,8-13H2,1-2H3/t15-,18-/m1/s1. The molecule has 2 atom stereocenters. The van der Waals surface area contributed by atoms with Crippen molar-refractivity contribution in [1.82, 2.24) is 9.80 Å². The minimum atomic E-state index is -0.537. The topological polar surface area (TPSA) is 59.1 Å². The first-order chi connectivity index (χ1) is 11.5. The molecule has 1 aromatic carbocycles. The Morgan fingerprint density at radius 1 is 1.38 bits per heavy atom. The minimum Gasteiger partial charge on any atom is -0.375 e. The van der Waals surface area contributed by atoms with Gasteiger partial charge < -0.3 is 19.3 Å². The molecule has 0 radical (unpaired) electrons. The van der Waals surface area contributed by atoms with E-state index in [-0.39, 0.29) is 31.1 Å². The van der Waals surface area contributed by atoms with E-state index >= 15 is 0 Å². The number of piperidine rings is 1. The molecule has 24 heavy (non-hydrogen) atoms. The van der Waals surface area contributed by atoms with Crippen LogP contribution in [0.3, 0.4) is 0 Å². The summed E-state index contributed by atoms with van der Waals surface area (Å²) in [6.45, 7) is 3.81.